The van der Waals surface area contributed by atoms with Crippen molar-refractivity contribution in [2.45, 2.75) is 92.7 Å². The zero-order valence-electron chi connectivity index (χ0n) is 20.9. The number of likely N-dealkylation sites (tertiary alicyclic amines) is 1. The molecule has 0 aliphatic carbocycles. The predicted molar refractivity (Wildman–Crippen MR) is 114 cm³/mol. The van der Waals surface area contributed by atoms with E-state index in [9.17, 15) is 53.8 Å². The minimum atomic E-state index is -5.43. The van der Waals surface area contributed by atoms with E-state index in [0.29, 0.717) is 0 Å². The molecule has 3 aliphatic heterocycles. The van der Waals surface area contributed by atoms with Crippen LogP contribution < -0.4 is 29.6 Å². The third-order valence-corrected chi connectivity index (χ3v) is 7.21. The number of hydrogen-bond acceptors (Lipinski definition) is 17. The van der Waals surface area contributed by atoms with Crippen LogP contribution in [0.2, 0.25) is 0 Å². The summed E-state index contributed by atoms with van der Waals surface area (Å²) in [6.45, 7) is -0.166. The molecule has 3 rings (SSSR count). The van der Waals surface area contributed by atoms with Crippen molar-refractivity contribution >= 4 is 10.4 Å². The van der Waals surface area contributed by atoms with E-state index in [0.717, 1.165) is 0 Å². The number of hydrogen-bond donors (Lipinski definition) is 8. The monoisotopic (exact) mass is 587 g/mol. The summed E-state index contributed by atoms with van der Waals surface area (Å²) in [7, 11) is -3.91. The summed E-state index contributed by atoms with van der Waals surface area (Å²) >= 11 is 0. The van der Waals surface area contributed by atoms with E-state index in [4.69, 9.17) is 18.9 Å². The zero-order chi connectivity index (χ0) is 27.8. The van der Waals surface area contributed by atoms with Gasteiger partial charge in [-0.05, 0) is 14.0 Å². The number of aliphatic hydroxyl groups is 8. The molecule has 0 amide bonds. The molecular weight excluding hydrogens is 553 g/mol. The number of piperidine rings is 1. The Hall–Kier alpha value is 0.350. The van der Waals surface area contributed by atoms with Crippen LogP contribution in [0.1, 0.15) is 6.92 Å². The van der Waals surface area contributed by atoms with Crippen LogP contribution in [0.4, 0.5) is 0 Å². The number of aliphatic hydroxyl groups excluding tert-OH is 8. The Kier molecular flexibility index (Phi) is 12.7. The Morgan fingerprint density at radius 1 is 0.842 bits per heavy atom. The Morgan fingerprint density at radius 2 is 1.42 bits per heavy atom. The Labute approximate surface area is 240 Å². The van der Waals surface area contributed by atoms with Gasteiger partial charge in [-0.1, -0.05) is 0 Å². The van der Waals surface area contributed by atoms with Crippen LogP contribution in [0, 0.1) is 0 Å². The topological polar surface area (TPSA) is 268 Å². The zero-order valence-corrected chi connectivity index (χ0v) is 23.7. The van der Waals surface area contributed by atoms with Crippen molar-refractivity contribution in [2.24, 2.45) is 0 Å². The van der Waals surface area contributed by atoms with Gasteiger partial charge in [-0.3, -0.25) is 9.08 Å². The second-order valence-electron chi connectivity index (χ2n) is 9.32. The van der Waals surface area contributed by atoms with Crippen LogP contribution in [0.25, 0.3) is 0 Å². The van der Waals surface area contributed by atoms with E-state index in [-0.39, 0.29) is 36.1 Å². The molecule has 38 heavy (non-hydrogen) atoms. The molecule has 218 valence electrons. The molecular formula is C19H34NNaO16S. The van der Waals surface area contributed by atoms with Crippen LogP contribution in [0.5, 0.6) is 0 Å². The van der Waals surface area contributed by atoms with Crippen molar-refractivity contribution in [3.8, 4) is 0 Å². The van der Waals surface area contributed by atoms with Crippen molar-refractivity contribution in [3.63, 3.8) is 0 Å². The van der Waals surface area contributed by atoms with E-state index < -0.39 is 109 Å². The maximum atomic E-state index is 11.1. The molecule has 17 nitrogen and oxygen atoms in total. The Morgan fingerprint density at radius 3 is 1.97 bits per heavy atom. The van der Waals surface area contributed by atoms with Gasteiger partial charge in [0.15, 0.2) is 12.6 Å². The second kappa shape index (κ2) is 14.0. The van der Waals surface area contributed by atoms with E-state index in [1.807, 2.05) is 0 Å². The van der Waals surface area contributed by atoms with E-state index in [1.54, 1.807) is 0 Å². The number of nitrogens with zero attached hydrogens (tertiary/aromatic N) is 1. The molecule has 3 saturated heterocycles. The van der Waals surface area contributed by atoms with E-state index in [2.05, 4.69) is 4.18 Å². The molecule has 3 fully saturated rings. The smallest absolute Gasteiger partial charge is 0.726 e. The summed E-state index contributed by atoms with van der Waals surface area (Å²) in [4.78, 5) is 1.47. The summed E-state index contributed by atoms with van der Waals surface area (Å²) < 4.78 is 59.9. The Bertz CT molecular complexity index is 857. The van der Waals surface area contributed by atoms with Crippen LogP contribution in [0.15, 0.2) is 0 Å². The molecule has 0 radical (unpaired) electrons. The Balaban J connectivity index is 0.00000507. The fourth-order valence-electron chi connectivity index (χ4n) is 4.65. The molecule has 8 N–H and O–H groups in total. The first-order chi connectivity index (χ1) is 17.2. The molecule has 19 heteroatoms. The first-order valence-corrected chi connectivity index (χ1v) is 12.8. The van der Waals surface area contributed by atoms with Crippen molar-refractivity contribution in [1.29, 1.82) is 0 Å². The average Bonchev–Trinajstić information content (AvgIpc) is 2.81. The molecule has 0 bridgehead atoms. The first-order valence-electron chi connectivity index (χ1n) is 11.5. The minimum absolute atomic E-state index is 0. The predicted octanol–water partition coefficient (Wildman–Crippen LogP) is -9.46. The van der Waals surface area contributed by atoms with Crippen LogP contribution in [-0.4, -0.2) is 171 Å². The number of ether oxygens (including phenoxy) is 4. The van der Waals surface area contributed by atoms with Crippen molar-refractivity contribution in [3.05, 3.63) is 0 Å². The van der Waals surface area contributed by atoms with Gasteiger partial charge in [-0.15, -0.1) is 0 Å². The minimum Gasteiger partial charge on any atom is -0.726 e. The molecule has 0 unspecified atom stereocenters. The molecule has 0 aromatic carbocycles. The van der Waals surface area contributed by atoms with Gasteiger partial charge in [0.2, 0.25) is 10.4 Å². The molecule has 0 aromatic heterocycles. The fraction of sp³-hybridized carbons (Fsp3) is 1.00. The van der Waals surface area contributed by atoms with E-state index >= 15 is 0 Å². The summed E-state index contributed by atoms with van der Waals surface area (Å²) in [5.74, 6) is 0. The maximum absolute atomic E-state index is 11.1. The van der Waals surface area contributed by atoms with Crippen LogP contribution >= 0.6 is 0 Å². The molecule has 3 aliphatic rings. The quantitative estimate of drug-likeness (QED) is 0.0744. The summed E-state index contributed by atoms with van der Waals surface area (Å²) in [6, 6.07) is -0.958. The van der Waals surface area contributed by atoms with Crippen molar-refractivity contribution < 1.29 is 107 Å². The first kappa shape index (κ1) is 34.6. The molecule has 0 spiro atoms. The van der Waals surface area contributed by atoms with Gasteiger partial charge in [0.1, 0.15) is 54.9 Å². The third-order valence-electron chi connectivity index (χ3n) is 6.75. The van der Waals surface area contributed by atoms with Gasteiger partial charge in [-0.25, -0.2) is 8.42 Å². The maximum Gasteiger partial charge on any atom is 1.00 e. The van der Waals surface area contributed by atoms with Gasteiger partial charge in [0.25, 0.3) is 0 Å². The molecule has 0 aromatic rings. The van der Waals surface area contributed by atoms with Gasteiger partial charge < -0.3 is 64.4 Å². The molecule has 14 atom stereocenters. The normalized spacial score (nSPS) is 46.9. The van der Waals surface area contributed by atoms with Gasteiger partial charge in [-0.2, -0.15) is 0 Å². The van der Waals surface area contributed by atoms with Gasteiger partial charge >= 0.3 is 29.6 Å². The number of rotatable bonds is 8. The fourth-order valence-corrected chi connectivity index (χ4v) is 5.15. The van der Waals surface area contributed by atoms with E-state index in [1.165, 1.54) is 18.9 Å². The van der Waals surface area contributed by atoms with Crippen molar-refractivity contribution in [2.75, 3.05) is 26.8 Å². The number of β-amino-alcohol motifs (C(OH)–C–C–N with tert-alkyl or cyclic N) is 1. The van der Waals surface area contributed by atoms with Gasteiger partial charge in [0, 0.05) is 6.54 Å². The summed E-state index contributed by atoms with van der Waals surface area (Å²) in [5, 5.41) is 81.5. The second-order valence-corrected chi connectivity index (χ2v) is 10.3. The third kappa shape index (κ3) is 7.59. The molecule has 3 heterocycles. The average molecular weight is 588 g/mol. The van der Waals surface area contributed by atoms with Crippen LogP contribution in [-0.2, 0) is 33.5 Å². The number of likely N-dealkylation sites (N-methyl/N-ethyl adjacent to an activating group) is 1. The largest absolute Gasteiger partial charge is 1.00 e. The molecule has 0 saturated carbocycles. The summed E-state index contributed by atoms with van der Waals surface area (Å²) in [5.41, 5.74) is 0. The van der Waals surface area contributed by atoms with Crippen molar-refractivity contribution in [1.82, 2.24) is 4.90 Å². The SMILES string of the molecule is C[C@@H]1O[C@@H](O[C@H]2[C@H](O[C@@H]3O[C@H](CO)[C@H](O)[C@H](OS(=O)(=O)[O-])[C@H]3O)[C@@H](CO)N(C)C[C@@H]2O)[C@@H](O)[C@H](O)[C@@H]1O.[Na+]. The standard InChI is InChI=1S/C19H35NO16S.Na/c1-6-10(24)12(26)13(27)18(32-6)35-16-8(23)3-20(2)7(4-21)15(16)34-19-14(28)17(36-37(29,30)31)11(25)9(5-22)33-19;/h6-19,21-28H,3-5H2,1-2H3,(H,29,30,31);/q;+1/p-1/t6-,7+,8-,9+,10+,11-,12+,13-,14+,15+,16+,17-,18-,19-;/m0./s1. The summed E-state index contributed by atoms with van der Waals surface area (Å²) in [6.07, 6.45) is -21.2. The van der Waals surface area contributed by atoms with Crippen LogP contribution in [0.3, 0.4) is 0 Å². The van der Waals surface area contributed by atoms with Gasteiger partial charge in [0.05, 0.1) is 31.5 Å².